The Bertz CT molecular complexity index is 912. The highest BCUT2D eigenvalue weighted by molar-refractivity contribution is 7.13. The number of amides is 2. The number of piperidine rings is 1. The van der Waals surface area contributed by atoms with Gasteiger partial charge in [-0.05, 0) is 45.2 Å². The van der Waals surface area contributed by atoms with Gasteiger partial charge in [0.25, 0.3) is 5.91 Å². The van der Waals surface area contributed by atoms with Crippen LogP contribution >= 0.6 is 11.3 Å². The van der Waals surface area contributed by atoms with Gasteiger partial charge in [-0.2, -0.15) is 13.2 Å². The predicted molar refractivity (Wildman–Crippen MR) is 122 cm³/mol. The Morgan fingerprint density at radius 1 is 1.26 bits per heavy atom. The van der Waals surface area contributed by atoms with E-state index in [1.165, 1.54) is 17.7 Å². The second kappa shape index (κ2) is 10.2. The number of nitrogens with one attached hydrogen (secondary N) is 1. The van der Waals surface area contributed by atoms with Crippen LogP contribution < -0.4 is 5.32 Å². The Labute approximate surface area is 201 Å². The lowest BCUT2D eigenvalue weighted by atomic mass is 9.75. The molecule has 2 amide bonds. The van der Waals surface area contributed by atoms with Gasteiger partial charge in [-0.3, -0.25) is 14.5 Å². The van der Waals surface area contributed by atoms with Crippen molar-refractivity contribution in [3.8, 4) is 0 Å². The van der Waals surface area contributed by atoms with Gasteiger partial charge in [0, 0.05) is 48.6 Å². The Morgan fingerprint density at radius 2 is 1.88 bits per heavy atom. The van der Waals surface area contributed by atoms with Crippen molar-refractivity contribution in [3.63, 3.8) is 0 Å². The summed E-state index contributed by atoms with van der Waals surface area (Å²) in [6.45, 7) is 9.95. The summed E-state index contributed by atoms with van der Waals surface area (Å²) in [5.41, 5.74) is -0.107. The molecular weight excluding hydrogens is 471 g/mol. The van der Waals surface area contributed by atoms with E-state index >= 15 is 0 Å². The van der Waals surface area contributed by atoms with E-state index in [1.54, 1.807) is 11.3 Å². The number of carboxylic acid groups (broad SMARTS) is 1. The molecule has 3 aliphatic rings. The number of hydrogen-bond donors (Lipinski definition) is 2. The van der Waals surface area contributed by atoms with E-state index in [-0.39, 0.29) is 23.3 Å². The van der Waals surface area contributed by atoms with Crippen LogP contribution in [0.3, 0.4) is 0 Å². The van der Waals surface area contributed by atoms with Crippen molar-refractivity contribution >= 4 is 29.1 Å². The summed E-state index contributed by atoms with van der Waals surface area (Å²) in [5.74, 6) is -1.85. The number of likely N-dealkylation sites (tertiary alicyclic amines) is 2. The molecule has 0 aliphatic carbocycles. The van der Waals surface area contributed by atoms with Crippen molar-refractivity contribution in [2.75, 3.05) is 26.2 Å². The monoisotopic (exact) mass is 503 g/mol. The SMILES string of the molecule is CCCC(C)N1C[C@H]2C(=O)NC3(CCN(C(=O)c4ccc(C)s4)CC3)[C@H]2C1.O=C(O)C(F)(F)F. The lowest BCUT2D eigenvalue weighted by molar-refractivity contribution is -0.192. The highest BCUT2D eigenvalue weighted by Crippen LogP contribution is 2.44. The first-order valence-corrected chi connectivity index (χ1v) is 12.4. The van der Waals surface area contributed by atoms with Crippen LogP contribution in [0.5, 0.6) is 0 Å². The van der Waals surface area contributed by atoms with E-state index in [4.69, 9.17) is 9.90 Å². The number of carboxylic acids is 1. The number of halogens is 3. The summed E-state index contributed by atoms with van der Waals surface area (Å²) < 4.78 is 31.7. The predicted octanol–water partition coefficient (Wildman–Crippen LogP) is 3.53. The van der Waals surface area contributed by atoms with Crippen LogP contribution in [-0.2, 0) is 9.59 Å². The second-order valence-corrected chi connectivity index (χ2v) is 10.7. The van der Waals surface area contributed by atoms with E-state index < -0.39 is 12.1 Å². The third-order valence-electron chi connectivity index (χ3n) is 7.23. The lowest BCUT2D eigenvalue weighted by Gasteiger charge is -2.43. The molecule has 0 radical (unpaired) electrons. The molecule has 1 unspecified atom stereocenters. The van der Waals surface area contributed by atoms with E-state index in [1.807, 2.05) is 24.0 Å². The van der Waals surface area contributed by atoms with Crippen LogP contribution in [0.15, 0.2) is 12.1 Å². The molecule has 0 bridgehead atoms. The quantitative estimate of drug-likeness (QED) is 0.656. The van der Waals surface area contributed by atoms with E-state index in [0.717, 1.165) is 43.9 Å². The largest absolute Gasteiger partial charge is 0.490 e. The van der Waals surface area contributed by atoms with Crippen molar-refractivity contribution in [3.05, 3.63) is 21.9 Å². The number of nitrogens with zero attached hydrogens (tertiary/aromatic N) is 2. The van der Waals surface area contributed by atoms with Crippen LogP contribution in [0.25, 0.3) is 0 Å². The minimum absolute atomic E-state index is 0.107. The maximum atomic E-state index is 12.8. The van der Waals surface area contributed by atoms with Gasteiger partial charge in [-0.25, -0.2) is 4.79 Å². The molecule has 0 saturated carbocycles. The Morgan fingerprint density at radius 3 is 2.38 bits per heavy atom. The molecule has 4 rings (SSSR count). The first kappa shape index (κ1) is 26.5. The molecule has 3 atom stereocenters. The molecule has 2 N–H and O–H groups in total. The standard InChI is InChI=1S/C21H31N3O2S.C2HF3O2/c1-4-5-14(2)24-12-16-17(13-24)21(22-19(16)25)8-10-23(11-9-21)20(26)18-7-6-15(3)27-18;3-2(4,5)1(6)7/h6-7,14,16-17H,4-5,8-13H2,1-3H3,(H,22,25);(H,6,7)/t14?,16-,17+;/m1./s1. The molecule has 11 heteroatoms. The normalized spacial score (nSPS) is 24.9. The van der Waals surface area contributed by atoms with Gasteiger partial charge in [0.2, 0.25) is 5.91 Å². The van der Waals surface area contributed by atoms with Gasteiger partial charge >= 0.3 is 12.1 Å². The van der Waals surface area contributed by atoms with Gasteiger partial charge in [0.1, 0.15) is 0 Å². The molecule has 190 valence electrons. The number of hydrogen-bond acceptors (Lipinski definition) is 5. The lowest BCUT2D eigenvalue weighted by Crippen LogP contribution is -2.56. The number of thiophene rings is 1. The van der Waals surface area contributed by atoms with E-state index in [2.05, 4.69) is 24.1 Å². The zero-order chi connectivity index (χ0) is 25.3. The number of fused-ring (bicyclic) bond motifs is 2. The maximum absolute atomic E-state index is 12.8. The third-order valence-corrected chi connectivity index (χ3v) is 8.22. The zero-order valence-corrected chi connectivity index (χ0v) is 20.5. The molecule has 7 nitrogen and oxygen atoms in total. The molecule has 3 saturated heterocycles. The first-order chi connectivity index (χ1) is 15.9. The van der Waals surface area contributed by atoms with Crippen LogP contribution in [0.4, 0.5) is 13.2 Å². The first-order valence-electron chi connectivity index (χ1n) is 11.6. The van der Waals surface area contributed by atoms with Gasteiger partial charge in [0.05, 0.1) is 10.8 Å². The van der Waals surface area contributed by atoms with Crippen molar-refractivity contribution in [1.29, 1.82) is 0 Å². The van der Waals surface area contributed by atoms with Crippen molar-refractivity contribution in [2.24, 2.45) is 11.8 Å². The minimum atomic E-state index is -5.08. The van der Waals surface area contributed by atoms with Crippen molar-refractivity contribution < 1.29 is 32.7 Å². The van der Waals surface area contributed by atoms with Crippen LogP contribution in [0.2, 0.25) is 0 Å². The number of carbonyl (C=O) groups excluding carboxylic acids is 2. The fourth-order valence-corrected chi connectivity index (χ4v) is 6.20. The third kappa shape index (κ3) is 5.56. The molecule has 0 aromatic carbocycles. The van der Waals surface area contributed by atoms with Crippen molar-refractivity contribution in [2.45, 2.75) is 64.2 Å². The molecule has 34 heavy (non-hydrogen) atoms. The number of aliphatic carboxylic acids is 1. The Hall–Kier alpha value is -2.14. The van der Waals surface area contributed by atoms with Crippen LogP contribution in [0.1, 0.15) is 54.1 Å². The molecular formula is C23H32F3N3O4S. The Balaban J connectivity index is 0.000000406. The topological polar surface area (TPSA) is 90.0 Å². The smallest absolute Gasteiger partial charge is 0.475 e. The summed E-state index contributed by atoms with van der Waals surface area (Å²) in [6.07, 6.45) is -0.946. The minimum Gasteiger partial charge on any atom is -0.475 e. The van der Waals surface area contributed by atoms with E-state index in [9.17, 15) is 22.8 Å². The average molecular weight is 504 g/mol. The summed E-state index contributed by atoms with van der Waals surface area (Å²) >= 11 is 1.57. The second-order valence-electron chi connectivity index (χ2n) is 9.46. The zero-order valence-electron chi connectivity index (χ0n) is 19.7. The van der Waals surface area contributed by atoms with Crippen LogP contribution in [0, 0.1) is 18.8 Å². The summed E-state index contributed by atoms with van der Waals surface area (Å²) in [5, 5.41) is 10.5. The van der Waals surface area contributed by atoms with E-state index in [0.29, 0.717) is 12.0 Å². The van der Waals surface area contributed by atoms with Crippen molar-refractivity contribution in [1.82, 2.24) is 15.1 Å². The number of rotatable bonds is 4. The molecule has 4 heterocycles. The number of carbonyl (C=O) groups is 3. The fraction of sp³-hybridized carbons (Fsp3) is 0.696. The summed E-state index contributed by atoms with van der Waals surface area (Å²) in [6, 6.07) is 4.49. The average Bonchev–Trinajstić information content (AvgIpc) is 3.46. The number of alkyl halides is 3. The Kier molecular flexibility index (Phi) is 7.96. The maximum Gasteiger partial charge on any atom is 0.490 e. The molecule has 1 aromatic rings. The number of aryl methyl sites for hydroxylation is 1. The fourth-order valence-electron chi connectivity index (χ4n) is 5.36. The highest BCUT2D eigenvalue weighted by Gasteiger charge is 2.57. The molecule has 3 aliphatic heterocycles. The van der Waals surface area contributed by atoms with Gasteiger partial charge in [0.15, 0.2) is 0 Å². The summed E-state index contributed by atoms with van der Waals surface area (Å²) in [4.78, 5) is 40.8. The van der Waals surface area contributed by atoms with Gasteiger partial charge in [-0.1, -0.05) is 13.3 Å². The molecule has 3 fully saturated rings. The molecule has 1 aromatic heterocycles. The summed E-state index contributed by atoms with van der Waals surface area (Å²) in [7, 11) is 0. The van der Waals surface area contributed by atoms with Gasteiger partial charge < -0.3 is 15.3 Å². The van der Waals surface area contributed by atoms with Crippen LogP contribution in [-0.4, -0.2) is 76.6 Å². The highest BCUT2D eigenvalue weighted by atomic mass is 32.1. The molecule has 1 spiro atoms. The van der Waals surface area contributed by atoms with Gasteiger partial charge in [-0.15, -0.1) is 11.3 Å².